The van der Waals surface area contributed by atoms with E-state index in [4.69, 9.17) is 4.74 Å². The second kappa shape index (κ2) is 10.7. The molecule has 2 aromatic carbocycles. The quantitative estimate of drug-likeness (QED) is 0.261. The van der Waals surface area contributed by atoms with Crippen LogP contribution in [0.15, 0.2) is 60.7 Å². The molecular weight excluding hydrogens is 470 g/mol. The average Bonchev–Trinajstić information content (AvgIpc) is 3.47. The Bertz CT molecular complexity index is 1360. The molecular formula is C30H31NO4S. The third-order valence-corrected chi connectivity index (χ3v) is 8.38. The third kappa shape index (κ3) is 4.96. The smallest absolute Gasteiger partial charge is 0.345 e. The number of methoxy groups -OCH3 is 1. The van der Waals surface area contributed by atoms with E-state index >= 15 is 0 Å². The van der Waals surface area contributed by atoms with Gasteiger partial charge in [0, 0.05) is 6.42 Å². The second-order valence-corrected chi connectivity index (χ2v) is 10.6. The number of benzene rings is 2. The molecule has 0 bridgehead atoms. The van der Waals surface area contributed by atoms with E-state index < -0.39 is 5.97 Å². The maximum absolute atomic E-state index is 13.3. The molecule has 5 nitrogen and oxygen atoms in total. The van der Waals surface area contributed by atoms with Gasteiger partial charge in [0.2, 0.25) is 0 Å². The fourth-order valence-corrected chi connectivity index (χ4v) is 6.56. The normalized spacial score (nSPS) is 14.2. The minimum absolute atomic E-state index is 0.142. The molecule has 1 fully saturated rings. The molecule has 36 heavy (non-hydrogen) atoms. The number of Topliss-reactive ketones (excluding diaryl/α,β-unsaturated/α-hetero) is 1. The number of ketones is 1. The summed E-state index contributed by atoms with van der Waals surface area (Å²) in [5.74, 6) is 0.367. The molecule has 1 aliphatic rings. The molecule has 6 heteroatoms. The zero-order chi connectivity index (χ0) is 25.1. The highest BCUT2D eigenvalue weighted by molar-refractivity contribution is 7.21. The minimum atomic E-state index is -0.918. The largest absolute Gasteiger partial charge is 0.497 e. The first-order chi connectivity index (χ1) is 17.5. The number of aryl methyl sites for hydroxylation is 1. The van der Waals surface area contributed by atoms with Crippen LogP contribution in [0.3, 0.4) is 0 Å². The van der Waals surface area contributed by atoms with Gasteiger partial charge >= 0.3 is 5.97 Å². The first-order valence-corrected chi connectivity index (χ1v) is 13.5. The van der Waals surface area contributed by atoms with E-state index in [2.05, 4.69) is 4.57 Å². The number of nitrogens with zero attached hydrogens (tertiary/aromatic N) is 1. The summed E-state index contributed by atoms with van der Waals surface area (Å²) in [7, 11) is 1.65. The fraction of sp³-hybridized carbons (Fsp3) is 0.333. The summed E-state index contributed by atoms with van der Waals surface area (Å²) in [5.41, 5.74) is 5.30. The van der Waals surface area contributed by atoms with Crippen molar-refractivity contribution in [1.29, 1.82) is 0 Å². The molecule has 2 aromatic heterocycles. The molecule has 0 unspecified atom stereocenters. The van der Waals surface area contributed by atoms with E-state index in [-0.39, 0.29) is 12.3 Å². The molecule has 0 saturated heterocycles. The number of carbonyl (C=O) groups excluding carboxylic acids is 1. The van der Waals surface area contributed by atoms with E-state index in [9.17, 15) is 14.7 Å². The highest BCUT2D eigenvalue weighted by atomic mass is 32.1. The van der Waals surface area contributed by atoms with Gasteiger partial charge in [-0.1, -0.05) is 49.6 Å². The third-order valence-electron chi connectivity index (χ3n) is 7.23. The lowest BCUT2D eigenvalue weighted by molar-refractivity contribution is -0.119. The summed E-state index contributed by atoms with van der Waals surface area (Å²) in [5, 5.41) is 9.75. The summed E-state index contributed by atoms with van der Waals surface area (Å²) in [6.45, 7) is 0.229. The van der Waals surface area contributed by atoms with E-state index in [0.717, 1.165) is 45.6 Å². The first-order valence-electron chi connectivity index (χ1n) is 12.6. The molecule has 2 heterocycles. The highest BCUT2D eigenvalue weighted by Crippen LogP contribution is 2.47. The van der Waals surface area contributed by atoms with Crippen LogP contribution in [0.5, 0.6) is 5.75 Å². The van der Waals surface area contributed by atoms with Crippen molar-refractivity contribution in [3.63, 3.8) is 0 Å². The van der Waals surface area contributed by atoms with Crippen molar-refractivity contribution in [2.45, 2.75) is 57.4 Å². The van der Waals surface area contributed by atoms with Crippen molar-refractivity contribution in [2.24, 2.45) is 0 Å². The molecule has 0 atom stereocenters. The van der Waals surface area contributed by atoms with Gasteiger partial charge in [-0.15, -0.1) is 11.3 Å². The van der Waals surface area contributed by atoms with Crippen molar-refractivity contribution >= 4 is 33.3 Å². The molecule has 5 rings (SSSR count). The van der Waals surface area contributed by atoms with E-state index in [1.807, 2.05) is 54.6 Å². The van der Waals surface area contributed by atoms with Gasteiger partial charge in [-0.2, -0.15) is 0 Å². The van der Waals surface area contributed by atoms with Gasteiger partial charge in [-0.05, 0) is 72.2 Å². The van der Waals surface area contributed by atoms with Crippen LogP contribution in [0.2, 0.25) is 0 Å². The zero-order valence-corrected chi connectivity index (χ0v) is 21.4. The number of fused-ring (bicyclic) bond motifs is 1. The van der Waals surface area contributed by atoms with Crippen LogP contribution in [-0.2, 0) is 17.8 Å². The lowest BCUT2D eigenvalue weighted by Gasteiger charge is -2.23. The van der Waals surface area contributed by atoms with Gasteiger partial charge in [-0.25, -0.2) is 4.79 Å². The molecule has 0 amide bonds. The van der Waals surface area contributed by atoms with Gasteiger partial charge in [0.25, 0.3) is 0 Å². The maximum atomic E-state index is 13.3. The maximum Gasteiger partial charge on any atom is 0.345 e. The average molecular weight is 502 g/mol. The Labute approximate surface area is 215 Å². The monoisotopic (exact) mass is 501 g/mol. The van der Waals surface area contributed by atoms with Crippen LogP contribution >= 0.6 is 11.3 Å². The number of aromatic nitrogens is 1. The van der Waals surface area contributed by atoms with Crippen LogP contribution in [0.1, 0.15) is 65.2 Å². The summed E-state index contributed by atoms with van der Waals surface area (Å²) in [6.07, 6.45) is 6.90. The van der Waals surface area contributed by atoms with Crippen molar-refractivity contribution in [1.82, 2.24) is 4.57 Å². The predicted octanol–water partition coefficient (Wildman–Crippen LogP) is 7.33. The Morgan fingerprint density at radius 2 is 1.75 bits per heavy atom. The summed E-state index contributed by atoms with van der Waals surface area (Å²) < 4.78 is 8.48. The SMILES string of the molecule is COc1ccc(-c2c(C3CCCCC3)c3sc(C(=O)O)cc3n2CC(=O)CCc2ccccc2)cc1. The summed E-state index contributed by atoms with van der Waals surface area (Å²) in [6, 6.07) is 19.8. The van der Waals surface area contributed by atoms with Crippen LogP contribution in [-0.4, -0.2) is 28.5 Å². The van der Waals surface area contributed by atoms with Crippen molar-refractivity contribution in [3.8, 4) is 17.0 Å². The molecule has 0 spiro atoms. The van der Waals surface area contributed by atoms with Crippen LogP contribution in [0.25, 0.3) is 21.5 Å². The number of thiophene rings is 1. The van der Waals surface area contributed by atoms with Crippen LogP contribution < -0.4 is 4.74 Å². The second-order valence-electron chi connectivity index (χ2n) is 9.57. The molecule has 4 aromatic rings. The Hall–Kier alpha value is -3.38. The Morgan fingerprint density at radius 1 is 1.03 bits per heavy atom. The lowest BCUT2D eigenvalue weighted by Crippen LogP contribution is -2.13. The van der Waals surface area contributed by atoms with Crippen molar-refractivity contribution < 1.29 is 19.4 Å². The summed E-state index contributed by atoms with van der Waals surface area (Å²) >= 11 is 1.34. The van der Waals surface area contributed by atoms with Gasteiger partial charge in [0.15, 0.2) is 5.78 Å². The molecule has 0 aliphatic heterocycles. The molecule has 0 radical (unpaired) electrons. The van der Waals surface area contributed by atoms with E-state index in [1.165, 1.54) is 36.2 Å². The molecule has 186 valence electrons. The van der Waals surface area contributed by atoms with Gasteiger partial charge < -0.3 is 14.4 Å². The number of carboxylic acid groups (broad SMARTS) is 1. The number of rotatable bonds is 9. The van der Waals surface area contributed by atoms with Crippen molar-refractivity contribution in [2.75, 3.05) is 7.11 Å². The number of ether oxygens (including phenoxy) is 1. The predicted molar refractivity (Wildman–Crippen MR) is 144 cm³/mol. The number of hydrogen-bond donors (Lipinski definition) is 1. The standard InChI is InChI=1S/C30H31NO4S/c1-35-24-16-13-22(14-17-24)28-27(21-10-6-3-7-11-21)29-25(18-26(36-29)30(33)34)31(28)19-23(32)15-12-20-8-4-2-5-9-20/h2,4-5,8-9,13-14,16-18,21H,3,6-7,10-12,15,19H2,1H3,(H,33,34). The summed E-state index contributed by atoms with van der Waals surface area (Å²) in [4.78, 5) is 25.5. The Morgan fingerprint density at radius 3 is 2.42 bits per heavy atom. The minimum Gasteiger partial charge on any atom is -0.497 e. The molecule has 1 saturated carbocycles. The number of aromatic carboxylic acids is 1. The van der Waals surface area contributed by atoms with Gasteiger partial charge in [-0.3, -0.25) is 4.79 Å². The van der Waals surface area contributed by atoms with Gasteiger partial charge in [0.1, 0.15) is 10.6 Å². The molecule has 1 aliphatic carbocycles. The number of carbonyl (C=O) groups is 2. The lowest BCUT2D eigenvalue weighted by atomic mass is 9.83. The topological polar surface area (TPSA) is 68.5 Å². The first kappa shape index (κ1) is 24.3. The van der Waals surface area contributed by atoms with Gasteiger partial charge in [0.05, 0.1) is 29.6 Å². The Balaban J connectivity index is 1.60. The zero-order valence-electron chi connectivity index (χ0n) is 20.5. The molecule has 1 N–H and O–H groups in total. The van der Waals surface area contributed by atoms with Crippen molar-refractivity contribution in [3.05, 3.63) is 76.7 Å². The van der Waals surface area contributed by atoms with Crippen LogP contribution in [0, 0.1) is 0 Å². The Kier molecular flexibility index (Phi) is 7.23. The highest BCUT2D eigenvalue weighted by Gasteiger charge is 2.29. The van der Waals surface area contributed by atoms with Crippen LogP contribution in [0.4, 0.5) is 0 Å². The van der Waals surface area contributed by atoms with E-state index in [0.29, 0.717) is 23.6 Å². The fourth-order valence-electron chi connectivity index (χ4n) is 5.43. The number of carboxylic acids is 1. The number of hydrogen-bond acceptors (Lipinski definition) is 4. The van der Waals surface area contributed by atoms with E-state index in [1.54, 1.807) is 13.2 Å².